The summed E-state index contributed by atoms with van der Waals surface area (Å²) in [6, 6.07) is 1.88. The van der Waals surface area contributed by atoms with Crippen LogP contribution in [0.5, 0.6) is 5.75 Å². The van der Waals surface area contributed by atoms with Gasteiger partial charge in [0.15, 0.2) is 0 Å². The Kier molecular flexibility index (Phi) is 5.24. The van der Waals surface area contributed by atoms with Gasteiger partial charge in [0.05, 0.1) is 19.3 Å². The molecule has 3 heterocycles. The first kappa shape index (κ1) is 16.7. The highest BCUT2D eigenvalue weighted by atomic mass is 32.1. The topological polar surface area (TPSA) is 48.0 Å². The van der Waals surface area contributed by atoms with E-state index in [0.717, 1.165) is 32.4 Å². The predicted octanol–water partition coefficient (Wildman–Crippen LogP) is 2.80. The van der Waals surface area contributed by atoms with Gasteiger partial charge in [-0.1, -0.05) is 0 Å². The van der Waals surface area contributed by atoms with Crippen LogP contribution in [-0.2, 0) is 9.47 Å². The molecule has 6 heteroatoms. The number of carbonyl (C=O) groups excluding carboxylic acids is 1. The molecule has 2 fully saturated rings. The number of thiophene rings is 1. The van der Waals surface area contributed by atoms with E-state index in [1.54, 1.807) is 7.11 Å². The molecule has 0 N–H and O–H groups in total. The Morgan fingerprint density at radius 1 is 1.57 bits per heavy atom. The van der Waals surface area contributed by atoms with Crippen molar-refractivity contribution in [2.24, 2.45) is 5.41 Å². The molecule has 128 valence electrons. The molecule has 2 saturated heterocycles. The third kappa shape index (κ3) is 3.25. The number of hydrogen-bond acceptors (Lipinski definition) is 5. The first-order chi connectivity index (χ1) is 11.2. The van der Waals surface area contributed by atoms with Gasteiger partial charge in [0.1, 0.15) is 10.6 Å². The summed E-state index contributed by atoms with van der Waals surface area (Å²) in [5.74, 6) is 0.772. The van der Waals surface area contributed by atoms with Gasteiger partial charge in [-0.2, -0.15) is 0 Å². The molecule has 2 atom stereocenters. The third-order valence-electron chi connectivity index (χ3n) is 4.83. The molecule has 1 aromatic rings. The summed E-state index contributed by atoms with van der Waals surface area (Å²) in [4.78, 5) is 15.6. The molecule has 1 aromatic heterocycles. The highest BCUT2D eigenvalue weighted by Gasteiger charge is 2.47. The number of ether oxygens (including phenoxy) is 3. The Labute approximate surface area is 141 Å². The van der Waals surface area contributed by atoms with Crippen LogP contribution >= 0.6 is 11.3 Å². The molecule has 23 heavy (non-hydrogen) atoms. The Balaban J connectivity index is 1.78. The molecule has 1 amide bonds. The van der Waals surface area contributed by atoms with Gasteiger partial charge in [-0.05, 0) is 37.6 Å². The summed E-state index contributed by atoms with van der Waals surface area (Å²) in [5, 5.41) is 1.92. The fourth-order valence-electron chi connectivity index (χ4n) is 3.83. The normalized spacial score (nSPS) is 27.6. The van der Waals surface area contributed by atoms with E-state index in [0.29, 0.717) is 30.4 Å². The van der Waals surface area contributed by atoms with Crippen molar-refractivity contribution in [2.75, 3.05) is 40.0 Å². The zero-order valence-electron chi connectivity index (χ0n) is 13.9. The van der Waals surface area contributed by atoms with E-state index in [1.165, 1.54) is 11.3 Å². The number of methoxy groups -OCH3 is 1. The summed E-state index contributed by atoms with van der Waals surface area (Å²) in [6.45, 7) is 5.41. The number of carbonyl (C=O) groups is 1. The Morgan fingerprint density at radius 3 is 3.22 bits per heavy atom. The summed E-state index contributed by atoms with van der Waals surface area (Å²) in [5.41, 5.74) is -0.0655. The lowest BCUT2D eigenvalue weighted by Gasteiger charge is -2.50. The van der Waals surface area contributed by atoms with Gasteiger partial charge in [-0.15, -0.1) is 11.3 Å². The first-order valence-corrected chi connectivity index (χ1v) is 9.18. The second kappa shape index (κ2) is 7.20. The minimum absolute atomic E-state index is 0.0655. The molecule has 5 nitrogen and oxygen atoms in total. The molecule has 0 saturated carbocycles. The summed E-state index contributed by atoms with van der Waals surface area (Å²) in [7, 11) is 1.73. The average molecular weight is 339 g/mol. The lowest BCUT2D eigenvalue weighted by atomic mass is 9.73. The van der Waals surface area contributed by atoms with Crippen molar-refractivity contribution < 1.29 is 19.0 Å². The molecule has 0 aliphatic carbocycles. The van der Waals surface area contributed by atoms with Crippen molar-refractivity contribution in [3.63, 3.8) is 0 Å². The molecule has 0 aromatic carbocycles. The zero-order valence-corrected chi connectivity index (χ0v) is 14.7. The minimum Gasteiger partial charge on any atom is -0.492 e. The molecular weight excluding hydrogens is 314 g/mol. The standard InChI is InChI=1S/C17H25NO4S/c1-3-21-13-6-10-23-15(13)16(19)18-8-5-14-17(11-18,12-20-2)7-4-9-22-14/h6,10,14H,3-5,7-9,11-12H2,1-2H3/t14-,17-/m0/s1. The lowest BCUT2D eigenvalue weighted by Crippen LogP contribution is -2.57. The quantitative estimate of drug-likeness (QED) is 0.828. The number of piperidine rings is 1. The monoisotopic (exact) mass is 339 g/mol. The van der Waals surface area contributed by atoms with Crippen LogP contribution in [0.1, 0.15) is 35.9 Å². The SMILES string of the molecule is CCOc1ccsc1C(=O)N1CC[C@@H]2OCCC[C@@]2(COC)C1. The Bertz CT molecular complexity index is 542. The van der Waals surface area contributed by atoms with Gasteiger partial charge in [0, 0.05) is 32.2 Å². The summed E-state index contributed by atoms with van der Waals surface area (Å²) >= 11 is 1.45. The van der Waals surface area contributed by atoms with Crippen molar-refractivity contribution in [1.29, 1.82) is 0 Å². The van der Waals surface area contributed by atoms with E-state index in [1.807, 2.05) is 23.3 Å². The first-order valence-electron chi connectivity index (χ1n) is 8.30. The predicted molar refractivity (Wildman–Crippen MR) is 89.3 cm³/mol. The number of hydrogen-bond donors (Lipinski definition) is 0. The van der Waals surface area contributed by atoms with Crippen LogP contribution in [0, 0.1) is 5.41 Å². The molecule has 0 bridgehead atoms. The minimum atomic E-state index is -0.0655. The van der Waals surface area contributed by atoms with Crippen molar-refractivity contribution in [3.05, 3.63) is 16.3 Å². The highest BCUT2D eigenvalue weighted by Crippen LogP contribution is 2.41. The number of nitrogens with zero attached hydrogens (tertiary/aromatic N) is 1. The number of amides is 1. The van der Waals surface area contributed by atoms with Crippen molar-refractivity contribution in [2.45, 2.75) is 32.3 Å². The molecule has 2 aliphatic heterocycles. The van der Waals surface area contributed by atoms with Gasteiger partial charge < -0.3 is 19.1 Å². The van der Waals surface area contributed by atoms with Crippen LogP contribution in [0.2, 0.25) is 0 Å². The van der Waals surface area contributed by atoms with Crippen LogP contribution in [-0.4, -0.2) is 56.9 Å². The molecule has 0 spiro atoms. The van der Waals surface area contributed by atoms with Gasteiger partial charge in [-0.3, -0.25) is 4.79 Å². The van der Waals surface area contributed by atoms with Crippen LogP contribution < -0.4 is 4.74 Å². The number of rotatable bonds is 5. The largest absolute Gasteiger partial charge is 0.492 e. The molecule has 2 aliphatic rings. The summed E-state index contributed by atoms with van der Waals surface area (Å²) < 4.78 is 17.0. The van der Waals surface area contributed by atoms with E-state index in [-0.39, 0.29) is 17.4 Å². The third-order valence-corrected chi connectivity index (χ3v) is 5.71. The van der Waals surface area contributed by atoms with Gasteiger partial charge >= 0.3 is 0 Å². The molecule has 0 unspecified atom stereocenters. The van der Waals surface area contributed by atoms with Gasteiger partial charge in [-0.25, -0.2) is 0 Å². The van der Waals surface area contributed by atoms with Crippen LogP contribution in [0.4, 0.5) is 0 Å². The molecule has 3 rings (SSSR count). The van der Waals surface area contributed by atoms with Gasteiger partial charge in [0.2, 0.25) is 0 Å². The van der Waals surface area contributed by atoms with Crippen molar-refractivity contribution in [3.8, 4) is 5.75 Å². The fourth-order valence-corrected chi connectivity index (χ4v) is 4.63. The Hall–Kier alpha value is -1.11. The number of likely N-dealkylation sites (tertiary alicyclic amines) is 1. The van der Waals surface area contributed by atoms with E-state index < -0.39 is 0 Å². The number of fused-ring (bicyclic) bond motifs is 1. The maximum absolute atomic E-state index is 13.0. The van der Waals surface area contributed by atoms with Crippen molar-refractivity contribution in [1.82, 2.24) is 4.90 Å². The summed E-state index contributed by atoms with van der Waals surface area (Å²) in [6.07, 6.45) is 3.17. The molecule has 0 radical (unpaired) electrons. The van der Waals surface area contributed by atoms with Crippen molar-refractivity contribution >= 4 is 17.2 Å². The molecular formula is C17H25NO4S. The van der Waals surface area contributed by atoms with E-state index in [4.69, 9.17) is 14.2 Å². The second-order valence-electron chi connectivity index (χ2n) is 6.32. The zero-order chi connectivity index (χ0) is 16.3. The van der Waals surface area contributed by atoms with E-state index in [2.05, 4.69) is 0 Å². The highest BCUT2D eigenvalue weighted by molar-refractivity contribution is 7.12. The maximum atomic E-state index is 13.0. The second-order valence-corrected chi connectivity index (χ2v) is 7.24. The van der Waals surface area contributed by atoms with Crippen LogP contribution in [0.25, 0.3) is 0 Å². The fraction of sp³-hybridized carbons (Fsp3) is 0.706. The van der Waals surface area contributed by atoms with E-state index >= 15 is 0 Å². The van der Waals surface area contributed by atoms with E-state index in [9.17, 15) is 4.79 Å². The average Bonchev–Trinajstić information content (AvgIpc) is 3.02. The van der Waals surface area contributed by atoms with Crippen LogP contribution in [0.15, 0.2) is 11.4 Å². The van der Waals surface area contributed by atoms with Crippen LogP contribution in [0.3, 0.4) is 0 Å². The van der Waals surface area contributed by atoms with Gasteiger partial charge in [0.25, 0.3) is 5.91 Å². The Morgan fingerprint density at radius 2 is 2.43 bits per heavy atom. The lowest BCUT2D eigenvalue weighted by molar-refractivity contribution is -0.142. The maximum Gasteiger partial charge on any atom is 0.267 e. The smallest absolute Gasteiger partial charge is 0.267 e.